The summed E-state index contributed by atoms with van der Waals surface area (Å²) in [5, 5.41) is 0. The molecule has 0 fully saturated rings. The van der Waals surface area contributed by atoms with Crippen LogP contribution in [0.1, 0.15) is 33.3 Å². The van der Waals surface area contributed by atoms with Gasteiger partial charge in [0, 0.05) is 10.5 Å². The first-order valence-electron chi connectivity index (χ1n) is 6.07. The van der Waals surface area contributed by atoms with Crippen LogP contribution in [-0.2, 0) is 4.79 Å². The van der Waals surface area contributed by atoms with Crippen LogP contribution < -0.4 is 9.64 Å². The summed E-state index contributed by atoms with van der Waals surface area (Å²) in [5.74, 6) is 0.773. The standard InChI is InChI=1S/C14H18BrNO2/c1-8(2)16-11-7-10(15)9(3)6-12(11)18-14(4,5)13(16)17/h6-8H,1-5H3. The number of hydrogen-bond acceptors (Lipinski definition) is 2. The topological polar surface area (TPSA) is 29.5 Å². The summed E-state index contributed by atoms with van der Waals surface area (Å²) in [6, 6.07) is 4.04. The fraction of sp³-hybridized carbons (Fsp3) is 0.500. The average Bonchev–Trinajstić information content (AvgIpc) is 2.22. The van der Waals surface area contributed by atoms with Gasteiger partial charge in [-0.3, -0.25) is 4.79 Å². The third kappa shape index (κ3) is 2.03. The molecule has 1 amide bonds. The van der Waals surface area contributed by atoms with E-state index in [9.17, 15) is 4.79 Å². The Balaban J connectivity index is 2.64. The number of carbonyl (C=O) groups is 1. The van der Waals surface area contributed by atoms with Crippen molar-refractivity contribution in [3.63, 3.8) is 0 Å². The lowest BCUT2D eigenvalue weighted by Gasteiger charge is -2.41. The van der Waals surface area contributed by atoms with E-state index in [1.165, 1.54) is 0 Å². The molecule has 0 N–H and O–H groups in total. The van der Waals surface area contributed by atoms with Gasteiger partial charge in [-0.15, -0.1) is 0 Å². The Hall–Kier alpha value is -1.03. The van der Waals surface area contributed by atoms with E-state index in [1.807, 2.05) is 51.7 Å². The second-order valence-electron chi connectivity index (χ2n) is 5.45. The predicted octanol–water partition coefficient (Wildman–Crippen LogP) is 3.67. The maximum Gasteiger partial charge on any atom is 0.270 e. The van der Waals surface area contributed by atoms with Crippen molar-refractivity contribution in [2.45, 2.75) is 46.3 Å². The maximum atomic E-state index is 12.4. The zero-order valence-electron chi connectivity index (χ0n) is 11.4. The molecule has 1 heterocycles. The number of halogens is 1. The van der Waals surface area contributed by atoms with E-state index in [0.29, 0.717) is 0 Å². The Morgan fingerprint density at radius 1 is 1.33 bits per heavy atom. The molecule has 0 saturated heterocycles. The predicted molar refractivity (Wildman–Crippen MR) is 76.2 cm³/mol. The van der Waals surface area contributed by atoms with E-state index in [-0.39, 0.29) is 11.9 Å². The van der Waals surface area contributed by atoms with Crippen LogP contribution in [0.25, 0.3) is 0 Å². The average molecular weight is 312 g/mol. The molecule has 0 atom stereocenters. The fourth-order valence-corrected chi connectivity index (χ4v) is 2.48. The highest BCUT2D eigenvalue weighted by Crippen LogP contribution is 2.41. The largest absolute Gasteiger partial charge is 0.476 e. The first kappa shape index (κ1) is 13.4. The maximum absolute atomic E-state index is 12.4. The number of amides is 1. The van der Waals surface area contributed by atoms with Gasteiger partial charge in [-0.2, -0.15) is 0 Å². The molecule has 4 heteroatoms. The summed E-state index contributed by atoms with van der Waals surface area (Å²) < 4.78 is 6.82. The molecule has 0 radical (unpaired) electrons. The summed E-state index contributed by atoms with van der Waals surface area (Å²) in [5.41, 5.74) is 1.13. The van der Waals surface area contributed by atoms with Crippen molar-refractivity contribution < 1.29 is 9.53 Å². The summed E-state index contributed by atoms with van der Waals surface area (Å²) in [4.78, 5) is 14.2. The summed E-state index contributed by atoms with van der Waals surface area (Å²) in [6.45, 7) is 9.65. The molecule has 18 heavy (non-hydrogen) atoms. The zero-order valence-corrected chi connectivity index (χ0v) is 13.0. The van der Waals surface area contributed by atoms with Crippen LogP contribution in [0.5, 0.6) is 5.75 Å². The van der Waals surface area contributed by atoms with Crippen molar-refractivity contribution in [3.8, 4) is 5.75 Å². The molecule has 0 spiro atoms. The minimum Gasteiger partial charge on any atom is -0.476 e. The minimum atomic E-state index is -0.808. The van der Waals surface area contributed by atoms with Crippen molar-refractivity contribution >= 4 is 27.5 Å². The van der Waals surface area contributed by atoms with Gasteiger partial charge in [0.15, 0.2) is 5.60 Å². The van der Waals surface area contributed by atoms with E-state index in [2.05, 4.69) is 15.9 Å². The monoisotopic (exact) mass is 311 g/mol. The zero-order chi connectivity index (χ0) is 13.7. The number of fused-ring (bicyclic) bond motifs is 1. The molecular weight excluding hydrogens is 294 g/mol. The highest BCUT2D eigenvalue weighted by atomic mass is 79.9. The van der Waals surface area contributed by atoms with Crippen molar-refractivity contribution in [3.05, 3.63) is 22.2 Å². The van der Waals surface area contributed by atoms with Crippen molar-refractivity contribution in [2.24, 2.45) is 0 Å². The first-order valence-corrected chi connectivity index (χ1v) is 6.86. The lowest BCUT2D eigenvalue weighted by Crippen LogP contribution is -2.54. The van der Waals surface area contributed by atoms with Crippen LogP contribution in [0.4, 0.5) is 5.69 Å². The second-order valence-corrected chi connectivity index (χ2v) is 6.30. The van der Waals surface area contributed by atoms with Crippen LogP contribution >= 0.6 is 15.9 Å². The Kier molecular flexibility index (Phi) is 3.18. The number of nitrogens with zero attached hydrogens (tertiary/aromatic N) is 1. The molecule has 1 aliphatic heterocycles. The number of carbonyl (C=O) groups excluding carboxylic acids is 1. The smallest absolute Gasteiger partial charge is 0.270 e. The molecule has 1 aliphatic rings. The third-order valence-corrected chi connectivity index (χ3v) is 3.97. The van der Waals surface area contributed by atoms with Crippen molar-refractivity contribution in [1.82, 2.24) is 0 Å². The number of benzene rings is 1. The number of ether oxygens (including phenoxy) is 1. The van der Waals surface area contributed by atoms with Gasteiger partial charge in [0.2, 0.25) is 0 Å². The Morgan fingerprint density at radius 3 is 2.50 bits per heavy atom. The molecule has 1 aromatic carbocycles. The van der Waals surface area contributed by atoms with E-state index in [0.717, 1.165) is 21.5 Å². The Morgan fingerprint density at radius 2 is 1.94 bits per heavy atom. The van der Waals surface area contributed by atoms with Gasteiger partial charge >= 0.3 is 0 Å². The molecule has 0 aliphatic carbocycles. The molecule has 0 bridgehead atoms. The number of anilines is 1. The van der Waals surface area contributed by atoms with Crippen LogP contribution in [-0.4, -0.2) is 17.6 Å². The van der Waals surface area contributed by atoms with Gasteiger partial charge in [-0.05, 0) is 52.3 Å². The molecule has 98 valence electrons. The molecule has 0 unspecified atom stereocenters. The summed E-state index contributed by atoms with van der Waals surface area (Å²) in [7, 11) is 0. The van der Waals surface area contributed by atoms with E-state index >= 15 is 0 Å². The molecule has 0 aromatic heterocycles. The van der Waals surface area contributed by atoms with Gasteiger partial charge in [-0.1, -0.05) is 15.9 Å². The third-order valence-electron chi connectivity index (χ3n) is 3.12. The van der Waals surface area contributed by atoms with Gasteiger partial charge in [0.25, 0.3) is 5.91 Å². The van der Waals surface area contributed by atoms with E-state index in [1.54, 1.807) is 0 Å². The number of rotatable bonds is 1. The molecule has 2 rings (SSSR count). The quantitative estimate of drug-likeness (QED) is 0.792. The molecule has 1 aromatic rings. The highest BCUT2D eigenvalue weighted by molar-refractivity contribution is 9.10. The molecule has 0 saturated carbocycles. The lowest BCUT2D eigenvalue weighted by molar-refractivity contribution is -0.133. The second kappa shape index (κ2) is 4.26. The number of aryl methyl sites for hydroxylation is 1. The van der Waals surface area contributed by atoms with Gasteiger partial charge < -0.3 is 9.64 Å². The SMILES string of the molecule is Cc1cc2c(cc1Br)N(C(C)C)C(=O)C(C)(C)O2. The van der Waals surface area contributed by atoms with Gasteiger partial charge in [0.1, 0.15) is 5.75 Å². The van der Waals surface area contributed by atoms with E-state index in [4.69, 9.17) is 4.74 Å². The molecule has 3 nitrogen and oxygen atoms in total. The molecular formula is C14H18BrNO2. The first-order chi connectivity index (χ1) is 8.24. The van der Waals surface area contributed by atoms with Gasteiger partial charge in [-0.25, -0.2) is 0 Å². The minimum absolute atomic E-state index is 0.000697. The van der Waals surface area contributed by atoms with Crippen molar-refractivity contribution in [2.75, 3.05) is 4.90 Å². The van der Waals surface area contributed by atoms with Crippen LogP contribution in [0, 0.1) is 6.92 Å². The highest BCUT2D eigenvalue weighted by Gasteiger charge is 2.42. The van der Waals surface area contributed by atoms with Crippen LogP contribution in [0.15, 0.2) is 16.6 Å². The summed E-state index contributed by atoms with van der Waals surface area (Å²) in [6.07, 6.45) is 0. The summed E-state index contributed by atoms with van der Waals surface area (Å²) >= 11 is 3.51. The van der Waals surface area contributed by atoms with Gasteiger partial charge in [0.05, 0.1) is 5.69 Å². The normalized spacial score (nSPS) is 17.7. The van der Waals surface area contributed by atoms with Crippen LogP contribution in [0.2, 0.25) is 0 Å². The van der Waals surface area contributed by atoms with Crippen molar-refractivity contribution in [1.29, 1.82) is 0 Å². The van der Waals surface area contributed by atoms with E-state index < -0.39 is 5.60 Å². The Labute approximate surface area is 116 Å². The fourth-order valence-electron chi connectivity index (χ4n) is 2.15. The number of hydrogen-bond donors (Lipinski definition) is 0. The Bertz CT molecular complexity index is 509. The lowest BCUT2D eigenvalue weighted by atomic mass is 10.0. The van der Waals surface area contributed by atoms with Crippen LogP contribution in [0.3, 0.4) is 0 Å².